The van der Waals surface area contributed by atoms with Gasteiger partial charge in [0.2, 0.25) is 0 Å². The molecule has 5 rings (SSSR count). The molecule has 0 saturated heterocycles. The molecule has 196 valence electrons. The molecule has 1 N–H and O–H groups in total. The topological polar surface area (TPSA) is 72.0 Å². The van der Waals surface area contributed by atoms with Crippen molar-refractivity contribution in [2.24, 2.45) is 13.0 Å². The van der Waals surface area contributed by atoms with Crippen LogP contribution >= 0.6 is 0 Å². The van der Waals surface area contributed by atoms with Crippen LogP contribution in [0.3, 0.4) is 0 Å². The van der Waals surface area contributed by atoms with Crippen molar-refractivity contribution in [2.75, 3.05) is 16.8 Å². The molecule has 3 heterocycles. The number of benzene rings is 1. The molecule has 0 radical (unpaired) electrons. The van der Waals surface area contributed by atoms with Gasteiger partial charge < -0.3 is 14.7 Å². The van der Waals surface area contributed by atoms with Crippen LogP contribution in [0.1, 0.15) is 46.5 Å². The fourth-order valence-corrected chi connectivity index (χ4v) is 4.46. The highest BCUT2D eigenvalue weighted by Crippen LogP contribution is 2.33. The number of alkyl halides is 4. The first-order valence-corrected chi connectivity index (χ1v) is 12.1. The third-order valence-electron chi connectivity index (χ3n) is 6.54. The number of aryl methyl sites for hydroxylation is 3. The maximum atomic E-state index is 13.5. The number of nitrogens with zero attached hydrogens (tertiary/aromatic N) is 5. The summed E-state index contributed by atoms with van der Waals surface area (Å²) in [5.74, 6) is 2.34. The first-order chi connectivity index (χ1) is 17.6. The molecule has 0 bridgehead atoms. The lowest BCUT2D eigenvalue weighted by atomic mass is 10.0. The van der Waals surface area contributed by atoms with Crippen LogP contribution in [0.15, 0.2) is 34.9 Å². The molecule has 1 aromatic carbocycles. The van der Waals surface area contributed by atoms with E-state index in [1.54, 1.807) is 17.7 Å². The third kappa shape index (κ3) is 5.55. The lowest BCUT2D eigenvalue weighted by molar-refractivity contribution is -0.137. The van der Waals surface area contributed by atoms with Gasteiger partial charge in [0.25, 0.3) is 0 Å². The summed E-state index contributed by atoms with van der Waals surface area (Å²) in [6.07, 6.45) is -2.24. The monoisotopic (exact) mass is 516 g/mol. The Morgan fingerprint density at radius 2 is 1.84 bits per heavy atom. The smallest absolute Gasteiger partial charge is 0.369 e. The van der Waals surface area contributed by atoms with Crippen LogP contribution in [0, 0.1) is 19.8 Å². The normalized spacial score (nSPS) is 13.9. The van der Waals surface area contributed by atoms with Gasteiger partial charge in [-0.1, -0.05) is 11.2 Å². The highest BCUT2D eigenvalue weighted by atomic mass is 19.4. The molecule has 0 aliphatic heterocycles. The third-order valence-corrected chi connectivity index (χ3v) is 6.54. The van der Waals surface area contributed by atoms with Crippen molar-refractivity contribution in [1.29, 1.82) is 0 Å². The highest BCUT2D eigenvalue weighted by molar-refractivity contribution is 5.81. The zero-order valence-corrected chi connectivity index (χ0v) is 20.9. The second-order valence-corrected chi connectivity index (χ2v) is 9.72. The quantitative estimate of drug-likeness (QED) is 0.272. The second-order valence-electron chi connectivity index (χ2n) is 9.72. The van der Waals surface area contributed by atoms with Crippen molar-refractivity contribution in [3.8, 4) is 0 Å². The summed E-state index contributed by atoms with van der Waals surface area (Å²) in [6, 6.07) is 7.09. The summed E-state index contributed by atoms with van der Waals surface area (Å²) in [4.78, 5) is 6.66. The minimum absolute atomic E-state index is 0.0260. The SMILES string of the molecule is Cc1cc(N(Cc2cc(CF)cc(C(F)(F)F)c2)Cc2cc3c(C)nn(C)c3nc2NCC2CC2)no1. The summed E-state index contributed by atoms with van der Waals surface area (Å²) in [5, 5.41) is 12.9. The molecule has 1 saturated carbocycles. The molecular formula is C26H28F4N6O. The van der Waals surface area contributed by atoms with Gasteiger partial charge in [-0.2, -0.15) is 18.3 Å². The lowest BCUT2D eigenvalue weighted by Crippen LogP contribution is -2.24. The largest absolute Gasteiger partial charge is 0.416 e. The Hall–Kier alpha value is -3.63. The second kappa shape index (κ2) is 9.68. The molecule has 0 unspecified atom stereocenters. The Balaban J connectivity index is 1.54. The fraction of sp³-hybridized carbons (Fsp3) is 0.423. The van der Waals surface area contributed by atoms with E-state index in [0.717, 1.165) is 41.0 Å². The maximum absolute atomic E-state index is 13.5. The number of rotatable bonds is 9. The van der Waals surface area contributed by atoms with E-state index in [2.05, 4.69) is 15.6 Å². The Bertz CT molecular complexity index is 1420. The molecule has 1 aliphatic carbocycles. The van der Waals surface area contributed by atoms with Gasteiger partial charge in [-0.25, -0.2) is 9.37 Å². The molecule has 3 aromatic heterocycles. The molecular weight excluding hydrogens is 488 g/mol. The van der Waals surface area contributed by atoms with Crippen LogP contribution < -0.4 is 10.2 Å². The number of hydrogen-bond acceptors (Lipinski definition) is 6. The predicted molar refractivity (Wildman–Crippen MR) is 132 cm³/mol. The van der Waals surface area contributed by atoms with Crippen molar-refractivity contribution in [3.63, 3.8) is 0 Å². The van der Waals surface area contributed by atoms with Crippen molar-refractivity contribution < 1.29 is 22.1 Å². The molecule has 37 heavy (non-hydrogen) atoms. The average Bonchev–Trinajstić information content (AvgIpc) is 3.52. The Morgan fingerprint density at radius 1 is 1.08 bits per heavy atom. The lowest BCUT2D eigenvalue weighted by Gasteiger charge is -2.24. The number of aromatic nitrogens is 4. The van der Waals surface area contributed by atoms with Crippen LogP contribution in [-0.2, 0) is 33.0 Å². The van der Waals surface area contributed by atoms with Gasteiger partial charge in [-0.05, 0) is 61.9 Å². The van der Waals surface area contributed by atoms with Crippen molar-refractivity contribution in [1.82, 2.24) is 19.9 Å². The van der Waals surface area contributed by atoms with Crippen molar-refractivity contribution in [3.05, 3.63) is 64.0 Å². The molecule has 4 aromatic rings. The zero-order valence-electron chi connectivity index (χ0n) is 20.9. The van der Waals surface area contributed by atoms with Gasteiger partial charge in [0, 0.05) is 43.7 Å². The molecule has 1 aliphatic rings. The van der Waals surface area contributed by atoms with E-state index in [-0.39, 0.29) is 18.7 Å². The standard InChI is InChI=1S/C26H28F4N6O/c1-15-6-23(34-37-15)36(13-19-7-18(11-27)8-21(9-19)26(28,29)30)14-20-10-22-16(2)33-35(3)25(22)32-24(20)31-12-17-4-5-17/h6-10,17H,4-5,11-14H2,1-3H3,(H,31,32). The van der Waals surface area contributed by atoms with Gasteiger partial charge >= 0.3 is 6.18 Å². The van der Waals surface area contributed by atoms with Crippen molar-refractivity contribution >= 4 is 22.7 Å². The number of nitrogens with one attached hydrogen (secondary N) is 1. The van der Waals surface area contributed by atoms with Gasteiger partial charge in [0.15, 0.2) is 11.5 Å². The van der Waals surface area contributed by atoms with E-state index >= 15 is 0 Å². The van der Waals surface area contributed by atoms with Gasteiger partial charge in [0.05, 0.1) is 11.3 Å². The van der Waals surface area contributed by atoms with Crippen LogP contribution in [0.2, 0.25) is 0 Å². The van der Waals surface area contributed by atoms with Crippen molar-refractivity contribution in [2.45, 2.75) is 52.6 Å². The maximum Gasteiger partial charge on any atom is 0.416 e. The van der Waals surface area contributed by atoms with Gasteiger partial charge in [-0.3, -0.25) is 4.68 Å². The molecule has 11 heteroatoms. The Morgan fingerprint density at radius 3 is 2.49 bits per heavy atom. The average molecular weight is 517 g/mol. The summed E-state index contributed by atoms with van der Waals surface area (Å²) in [6.45, 7) is 3.81. The summed E-state index contributed by atoms with van der Waals surface area (Å²) >= 11 is 0. The van der Waals surface area contributed by atoms with Crippen LogP contribution in [0.4, 0.5) is 29.2 Å². The summed E-state index contributed by atoms with van der Waals surface area (Å²) < 4.78 is 61.0. The number of fused-ring (bicyclic) bond motifs is 1. The van der Waals surface area contributed by atoms with E-state index < -0.39 is 18.4 Å². The number of halogens is 4. The van der Waals surface area contributed by atoms with Crippen LogP contribution in [-0.4, -0.2) is 26.5 Å². The Labute approximate surface area is 211 Å². The highest BCUT2D eigenvalue weighted by Gasteiger charge is 2.31. The molecule has 1 fully saturated rings. The van der Waals surface area contributed by atoms with E-state index in [9.17, 15) is 17.6 Å². The summed E-state index contributed by atoms with van der Waals surface area (Å²) in [5.41, 5.74) is 1.84. The van der Waals surface area contributed by atoms with Crippen LogP contribution in [0.5, 0.6) is 0 Å². The fourth-order valence-electron chi connectivity index (χ4n) is 4.46. The Kier molecular flexibility index (Phi) is 6.55. The number of anilines is 2. The number of hydrogen-bond donors (Lipinski definition) is 1. The predicted octanol–water partition coefficient (Wildman–Crippen LogP) is 6.09. The van der Waals surface area contributed by atoms with Gasteiger partial charge in [0.1, 0.15) is 18.3 Å². The van der Waals surface area contributed by atoms with E-state index in [1.807, 2.05) is 24.9 Å². The minimum Gasteiger partial charge on any atom is -0.369 e. The first kappa shape index (κ1) is 25.0. The van der Waals surface area contributed by atoms with E-state index in [0.29, 0.717) is 28.9 Å². The number of pyridine rings is 1. The molecule has 0 atom stereocenters. The molecule has 0 amide bonds. The zero-order chi connectivity index (χ0) is 26.3. The first-order valence-electron chi connectivity index (χ1n) is 12.1. The molecule has 7 nitrogen and oxygen atoms in total. The van der Waals surface area contributed by atoms with E-state index in [4.69, 9.17) is 9.51 Å². The van der Waals surface area contributed by atoms with Crippen LogP contribution in [0.25, 0.3) is 11.0 Å². The van der Waals surface area contributed by atoms with Gasteiger partial charge in [-0.15, -0.1) is 0 Å². The minimum atomic E-state index is -4.58. The van der Waals surface area contributed by atoms with E-state index in [1.165, 1.54) is 18.9 Å². The summed E-state index contributed by atoms with van der Waals surface area (Å²) in [7, 11) is 1.84. The molecule has 0 spiro atoms.